The van der Waals surface area contributed by atoms with Gasteiger partial charge in [0.25, 0.3) is 5.91 Å². The van der Waals surface area contributed by atoms with Gasteiger partial charge >= 0.3 is 0 Å². The van der Waals surface area contributed by atoms with Crippen LogP contribution < -0.4 is 5.32 Å². The summed E-state index contributed by atoms with van der Waals surface area (Å²) >= 11 is 1.26. The molecule has 2 nitrogen and oxygen atoms in total. The first kappa shape index (κ1) is 11.7. The van der Waals surface area contributed by atoms with Crippen LogP contribution in [-0.4, -0.2) is 5.91 Å². The normalized spacial score (nSPS) is 10.3. The van der Waals surface area contributed by atoms with Crippen LogP contribution >= 0.6 is 11.3 Å². The molecule has 0 unspecified atom stereocenters. The minimum atomic E-state index is -0.658. The molecule has 1 heterocycles. The van der Waals surface area contributed by atoms with Crippen molar-refractivity contribution in [3.63, 3.8) is 0 Å². The molecule has 0 aliphatic carbocycles. The second kappa shape index (κ2) is 4.63. The number of hydrogen-bond donors (Lipinski definition) is 1. The molecule has 2 rings (SSSR count). The third kappa shape index (κ3) is 2.50. The van der Waals surface area contributed by atoms with Crippen molar-refractivity contribution in [1.82, 2.24) is 0 Å². The van der Waals surface area contributed by atoms with Crippen LogP contribution in [-0.2, 0) is 0 Å². The average Bonchev–Trinajstić information content (AvgIpc) is 2.70. The van der Waals surface area contributed by atoms with Gasteiger partial charge in [0.05, 0.1) is 10.6 Å². The number of benzene rings is 1. The monoisotopic (exact) mass is 253 g/mol. The molecule has 0 saturated heterocycles. The lowest BCUT2D eigenvalue weighted by Gasteiger charge is -2.05. The molecule has 88 valence electrons. The highest BCUT2D eigenvalue weighted by Crippen LogP contribution is 2.20. The number of carbonyl (C=O) groups is 1. The SMILES string of the molecule is Cc1ccsc1C(=O)Nc1cc(F)ccc1F. The first-order valence-electron chi connectivity index (χ1n) is 4.88. The second-order valence-corrected chi connectivity index (χ2v) is 4.43. The summed E-state index contributed by atoms with van der Waals surface area (Å²) in [5.41, 5.74) is 0.659. The maximum Gasteiger partial charge on any atom is 0.266 e. The van der Waals surface area contributed by atoms with Gasteiger partial charge in [-0.25, -0.2) is 8.78 Å². The fourth-order valence-electron chi connectivity index (χ4n) is 1.38. The molecule has 17 heavy (non-hydrogen) atoms. The molecule has 0 bridgehead atoms. The highest BCUT2D eigenvalue weighted by Gasteiger charge is 2.13. The van der Waals surface area contributed by atoms with Crippen molar-refractivity contribution < 1.29 is 13.6 Å². The van der Waals surface area contributed by atoms with E-state index in [1.807, 2.05) is 0 Å². The fourth-order valence-corrected chi connectivity index (χ4v) is 2.20. The Bertz CT molecular complexity index is 565. The quantitative estimate of drug-likeness (QED) is 0.870. The summed E-state index contributed by atoms with van der Waals surface area (Å²) < 4.78 is 26.2. The number of amides is 1. The lowest BCUT2D eigenvalue weighted by atomic mass is 10.2. The summed E-state index contributed by atoms with van der Waals surface area (Å²) in [4.78, 5) is 12.3. The zero-order valence-electron chi connectivity index (χ0n) is 8.96. The van der Waals surface area contributed by atoms with E-state index in [1.54, 1.807) is 18.4 Å². The molecule has 0 spiro atoms. The Labute approximate surface area is 101 Å². The van der Waals surface area contributed by atoms with E-state index >= 15 is 0 Å². The van der Waals surface area contributed by atoms with Gasteiger partial charge in [-0.15, -0.1) is 11.3 Å². The minimum absolute atomic E-state index is 0.150. The molecule has 1 amide bonds. The fraction of sp³-hybridized carbons (Fsp3) is 0.0833. The number of halogens is 2. The molecule has 1 N–H and O–H groups in total. The number of rotatable bonds is 2. The second-order valence-electron chi connectivity index (χ2n) is 3.51. The highest BCUT2D eigenvalue weighted by atomic mass is 32.1. The van der Waals surface area contributed by atoms with Crippen LogP contribution in [0.4, 0.5) is 14.5 Å². The standard InChI is InChI=1S/C12H9F2NOS/c1-7-4-5-17-11(7)12(16)15-10-6-8(13)2-3-9(10)14/h2-6H,1H3,(H,15,16). The van der Waals surface area contributed by atoms with E-state index in [9.17, 15) is 13.6 Å². The molecule has 0 aliphatic rings. The molecular weight excluding hydrogens is 244 g/mol. The van der Waals surface area contributed by atoms with Crippen molar-refractivity contribution in [2.45, 2.75) is 6.92 Å². The van der Waals surface area contributed by atoms with Crippen LogP contribution in [0.2, 0.25) is 0 Å². The van der Waals surface area contributed by atoms with Crippen LogP contribution in [0.3, 0.4) is 0 Å². The van der Waals surface area contributed by atoms with E-state index < -0.39 is 17.5 Å². The van der Waals surface area contributed by atoms with Gasteiger partial charge in [-0.1, -0.05) is 0 Å². The Morgan fingerprint density at radius 2 is 2.06 bits per heavy atom. The van der Waals surface area contributed by atoms with Crippen molar-refractivity contribution in [2.24, 2.45) is 0 Å². The first-order chi connectivity index (χ1) is 8.08. The van der Waals surface area contributed by atoms with Gasteiger partial charge in [-0.05, 0) is 36.1 Å². The lowest BCUT2D eigenvalue weighted by Crippen LogP contribution is -2.12. The lowest BCUT2D eigenvalue weighted by molar-refractivity contribution is 0.102. The number of hydrogen-bond acceptors (Lipinski definition) is 2. The molecular formula is C12H9F2NOS. The van der Waals surface area contributed by atoms with Gasteiger partial charge in [0.1, 0.15) is 11.6 Å². The van der Waals surface area contributed by atoms with Crippen LogP contribution in [0.1, 0.15) is 15.2 Å². The third-order valence-corrected chi connectivity index (χ3v) is 3.26. The smallest absolute Gasteiger partial charge is 0.266 e. The molecule has 1 aromatic carbocycles. The van der Waals surface area contributed by atoms with Gasteiger partial charge in [-0.3, -0.25) is 4.79 Å². The molecule has 0 radical (unpaired) electrons. The average molecular weight is 253 g/mol. The van der Waals surface area contributed by atoms with Crippen LogP contribution in [0, 0.1) is 18.6 Å². The maximum absolute atomic E-state index is 13.3. The van der Waals surface area contributed by atoms with Crippen LogP contribution in [0.15, 0.2) is 29.6 Å². The summed E-state index contributed by atoms with van der Waals surface area (Å²) in [7, 11) is 0. The largest absolute Gasteiger partial charge is 0.319 e. The van der Waals surface area contributed by atoms with Crippen molar-refractivity contribution >= 4 is 22.9 Å². The van der Waals surface area contributed by atoms with Gasteiger partial charge in [0.15, 0.2) is 0 Å². The number of carbonyl (C=O) groups excluding carboxylic acids is 1. The predicted molar refractivity (Wildman–Crippen MR) is 63.4 cm³/mol. The molecule has 0 fully saturated rings. The van der Waals surface area contributed by atoms with E-state index in [0.29, 0.717) is 4.88 Å². The summed E-state index contributed by atoms with van der Waals surface area (Å²) in [6.45, 7) is 1.79. The Hall–Kier alpha value is -1.75. The van der Waals surface area contributed by atoms with E-state index in [4.69, 9.17) is 0 Å². The van der Waals surface area contributed by atoms with Gasteiger partial charge < -0.3 is 5.32 Å². The van der Waals surface area contributed by atoms with Gasteiger partial charge in [0, 0.05) is 6.07 Å². The number of aryl methyl sites for hydroxylation is 1. The molecule has 5 heteroatoms. The summed E-state index contributed by atoms with van der Waals surface area (Å²) in [6, 6.07) is 4.73. The van der Waals surface area contributed by atoms with Gasteiger partial charge in [-0.2, -0.15) is 0 Å². The van der Waals surface area contributed by atoms with E-state index in [-0.39, 0.29) is 5.69 Å². The van der Waals surface area contributed by atoms with Gasteiger partial charge in [0.2, 0.25) is 0 Å². The molecule has 0 saturated carbocycles. The summed E-state index contributed by atoms with van der Waals surface area (Å²) in [5.74, 6) is -1.68. The first-order valence-corrected chi connectivity index (χ1v) is 5.76. The number of anilines is 1. The highest BCUT2D eigenvalue weighted by molar-refractivity contribution is 7.12. The zero-order chi connectivity index (χ0) is 12.4. The topological polar surface area (TPSA) is 29.1 Å². The van der Waals surface area contributed by atoms with Crippen molar-refractivity contribution in [3.8, 4) is 0 Å². The number of nitrogens with one attached hydrogen (secondary N) is 1. The summed E-state index contributed by atoms with van der Waals surface area (Å²) in [6.07, 6.45) is 0. The minimum Gasteiger partial charge on any atom is -0.319 e. The maximum atomic E-state index is 13.3. The van der Waals surface area contributed by atoms with Crippen LogP contribution in [0.5, 0.6) is 0 Å². The van der Waals surface area contributed by atoms with Crippen molar-refractivity contribution in [2.75, 3.05) is 5.32 Å². The molecule has 1 aromatic heterocycles. The zero-order valence-corrected chi connectivity index (χ0v) is 9.78. The molecule has 0 aliphatic heterocycles. The van der Waals surface area contributed by atoms with E-state index in [2.05, 4.69) is 5.32 Å². The summed E-state index contributed by atoms with van der Waals surface area (Å²) in [5, 5.41) is 4.12. The van der Waals surface area contributed by atoms with E-state index in [0.717, 1.165) is 23.8 Å². The van der Waals surface area contributed by atoms with Crippen molar-refractivity contribution in [1.29, 1.82) is 0 Å². The molecule has 2 aromatic rings. The predicted octanol–water partition coefficient (Wildman–Crippen LogP) is 3.59. The van der Waals surface area contributed by atoms with Crippen molar-refractivity contribution in [3.05, 3.63) is 51.7 Å². The number of thiophene rings is 1. The Kier molecular flexibility index (Phi) is 3.19. The molecule has 0 atom stereocenters. The Balaban J connectivity index is 2.24. The van der Waals surface area contributed by atoms with E-state index in [1.165, 1.54) is 11.3 Å². The Morgan fingerprint density at radius 1 is 1.29 bits per heavy atom. The van der Waals surface area contributed by atoms with Crippen LogP contribution in [0.25, 0.3) is 0 Å². The Morgan fingerprint density at radius 3 is 2.71 bits per heavy atom. The third-order valence-electron chi connectivity index (χ3n) is 2.24.